The van der Waals surface area contributed by atoms with Gasteiger partial charge in [-0.2, -0.15) is 0 Å². The van der Waals surface area contributed by atoms with Gasteiger partial charge in [-0.1, -0.05) is 0 Å². The second-order valence-corrected chi connectivity index (χ2v) is 5.34. The van der Waals surface area contributed by atoms with Crippen LogP contribution in [0.2, 0.25) is 0 Å². The Morgan fingerprint density at radius 1 is 1.00 bits per heavy atom. The van der Waals surface area contributed by atoms with Crippen molar-refractivity contribution in [1.82, 2.24) is 5.01 Å². The van der Waals surface area contributed by atoms with Crippen LogP contribution in [0.3, 0.4) is 0 Å². The quantitative estimate of drug-likeness (QED) is 0.0997. The number of carbonyl (C=O) groups excluding carboxylic acids is 3. The van der Waals surface area contributed by atoms with E-state index in [1.165, 1.54) is 28.1 Å². The monoisotopic (exact) mass is 409 g/mol. The average molecular weight is 409 g/mol. The topological polar surface area (TPSA) is 159 Å². The molecule has 0 heterocycles. The second-order valence-electron chi connectivity index (χ2n) is 5.34. The first-order chi connectivity index (χ1) is 13.3. The summed E-state index contributed by atoms with van der Waals surface area (Å²) in [6, 6.07) is 0. The van der Waals surface area contributed by atoms with Gasteiger partial charge in [0.2, 0.25) is 5.28 Å². The Balaban J connectivity index is 4.21. The number of methoxy groups -OCH3 is 2. The number of nitrogens with zero attached hydrogens (tertiary/aromatic N) is 3. The normalized spacial score (nSPS) is 13.4. The molecule has 1 N–H and O–H groups in total. The number of hydrogen-bond donors (Lipinski definition) is 1. The van der Waals surface area contributed by atoms with Gasteiger partial charge in [0.1, 0.15) is 13.2 Å². The van der Waals surface area contributed by atoms with E-state index in [1.54, 1.807) is 0 Å². The van der Waals surface area contributed by atoms with Gasteiger partial charge < -0.3 is 34.1 Å². The van der Waals surface area contributed by atoms with E-state index in [-0.39, 0.29) is 44.3 Å². The second kappa shape index (κ2) is 14.4. The van der Waals surface area contributed by atoms with Crippen LogP contribution in [0.25, 0.3) is 0 Å². The van der Waals surface area contributed by atoms with E-state index < -0.39 is 30.1 Å². The first-order valence-corrected chi connectivity index (χ1v) is 8.38. The molecule has 13 nitrogen and oxygen atoms in total. The molecule has 0 radical (unpaired) electrons. The van der Waals surface area contributed by atoms with E-state index in [9.17, 15) is 19.6 Å². The van der Waals surface area contributed by atoms with Crippen LogP contribution in [-0.4, -0.2) is 92.4 Å². The molecule has 0 aromatic carbocycles. The molecule has 0 saturated heterocycles. The van der Waals surface area contributed by atoms with Crippen LogP contribution in [-0.2, 0) is 38.1 Å². The maximum atomic E-state index is 11.7. The van der Waals surface area contributed by atoms with E-state index in [0.29, 0.717) is 0 Å². The number of esters is 3. The van der Waals surface area contributed by atoms with Crippen molar-refractivity contribution in [2.75, 3.05) is 47.1 Å². The van der Waals surface area contributed by atoms with Crippen LogP contribution < -0.4 is 0 Å². The summed E-state index contributed by atoms with van der Waals surface area (Å²) in [5, 5.41) is 23.5. The van der Waals surface area contributed by atoms with Gasteiger partial charge >= 0.3 is 17.9 Å². The number of ether oxygens (including phenoxy) is 5. The summed E-state index contributed by atoms with van der Waals surface area (Å²) in [7, 11) is 2.44. The van der Waals surface area contributed by atoms with E-state index in [1.807, 2.05) is 0 Å². The van der Waals surface area contributed by atoms with Crippen LogP contribution in [0.15, 0.2) is 5.28 Å². The first-order valence-electron chi connectivity index (χ1n) is 8.38. The Kier molecular flexibility index (Phi) is 13.0. The molecule has 0 aliphatic carbocycles. The van der Waals surface area contributed by atoms with Crippen molar-refractivity contribution in [3.05, 3.63) is 5.21 Å². The van der Waals surface area contributed by atoms with Crippen LogP contribution in [0.1, 0.15) is 20.3 Å². The zero-order valence-corrected chi connectivity index (χ0v) is 16.4. The predicted octanol–water partition coefficient (Wildman–Crippen LogP) is -0.355. The highest BCUT2D eigenvalue weighted by Crippen LogP contribution is 2.00. The summed E-state index contributed by atoms with van der Waals surface area (Å²) in [4.78, 5) is 33.9. The lowest BCUT2D eigenvalue weighted by Crippen LogP contribution is -2.37. The zero-order chi connectivity index (χ0) is 21.5. The highest BCUT2D eigenvalue weighted by atomic mass is 16.6. The molecule has 0 fully saturated rings. The summed E-state index contributed by atoms with van der Waals surface area (Å²) in [6.45, 7) is 2.64. The molecular weight excluding hydrogens is 382 g/mol. The lowest BCUT2D eigenvalue weighted by Gasteiger charge is -2.18. The fourth-order valence-electron chi connectivity index (χ4n) is 1.82. The third-order valence-corrected chi connectivity index (χ3v) is 3.39. The third kappa shape index (κ3) is 10.5. The maximum absolute atomic E-state index is 11.7. The third-order valence-electron chi connectivity index (χ3n) is 3.39. The molecule has 0 spiro atoms. The minimum atomic E-state index is -0.838. The van der Waals surface area contributed by atoms with Crippen molar-refractivity contribution in [3.8, 4) is 0 Å². The summed E-state index contributed by atoms with van der Waals surface area (Å²) in [5.74, 6) is -1.76. The Morgan fingerprint density at radius 2 is 1.54 bits per heavy atom. The zero-order valence-electron chi connectivity index (χ0n) is 16.4. The smallest absolute Gasteiger partial charge is 0.334 e. The Bertz CT molecular complexity index is 528. The van der Waals surface area contributed by atoms with E-state index in [4.69, 9.17) is 19.4 Å². The molecule has 13 heteroatoms. The van der Waals surface area contributed by atoms with E-state index in [0.717, 1.165) is 5.01 Å². The molecule has 1 unspecified atom stereocenters. The van der Waals surface area contributed by atoms with Crippen molar-refractivity contribution < 1.29 is 48.2 Å². The van der Waals surface area contributed by atoms with Gasteiger partial charge in [0, 0.05) is 0 Å². The fraction of sp³-hybridized carbons (Fsp3) is 0.800. The van der Waals surface area contributed by atoms with Crippen molar-refractivity contribution >= 4 is 17.9 Å². The van der Waals surface area contributed by atoms with Gasteiger partial charge in [-0.3, -0.25) is 4.79 Å². The number of hydrazine groups is 1. The molecule has 0 aliphatic heterocycles. The van der Waals surface area contributed by atoms with Crippen molar-refractivity contribution in [1.29, 1.82) is 0 Å². The highest BCUT2D eigenvalue weighted by molar-refractivity contribution is 5.74. The minimum absolute atomic E-state index is 0.00929. The number of carbonyl (C=O) groups is 3. The maximum Gasteiger partial charge on any atom is 0.334 e. The summed E-state index contributed by atoms with van der Waals surface area (Å²) >= 11 is 0. The molecule has 0 saturated carbocycles. The standard InChI is InChI=1S/C15H27N3O10/c1-11(14(20)24-3)26-8-7-17(18(23)16-22)6-5-13(19)28-10-9-27-12(2)15(21)25-4/h11-12,22H,5-10H2,1-4H3/b18-16-/t11?,12-/m0/s1. The summed E-state index contributed by atoms with van der Waals surface area (Å²) < 4.78 is 24.2. The van der Waals surface area contributed by atoms with E-state index in [2.05, 4.69) is 14.8 Å². The van der Waals surface area contributed by atoms with Crippen LogP contribution in [0.4, 0.5) is 0 Å². The lowest BCUT2D eigenvalue weighted by atomic mass is 10.4. The average Bonchev–Trinajstić information content (AvgIpc) is 2.71. The molecule has 162 valence electrons. The Hall–Kier alpha value is -2.67. The van der Waals surface area contributed by atoms with Crippen molar-refractivity contribution in [2.24, 2.45) is 5.28 Å². The van der Waals surface area contributed by atoms with Crippen molar-refractivity contribution in [2.45, 2.75) is 32.5 Å². The summed E-state index contributed by atoms with van der Waals surface area (Å²) in [5.41, 5.74) is 0. The minimum Gasteiger partial charge on any atom is -0.569 e. The SMILES string of the molecule is COC(=O)C(C)OCCN(CCC(=O)OCCO[C@@H](C)C(=O)OC)/[N+]([O-])=N/O. The molecule has 0 rings (SSSR count). The largest absolute Gasteiger partial charge is 0.569 e. The Morgan fingerprint density at radius 3 is 2.04 bits per heavy atom. The fourth-order valence-corrected chi connectivity index (χ4v) is 1.82. The first kappa shape index (κ1) is 25.3. The van der Waals surface area contributed by atoms with Gasteiger partial charge in [-0.05, 0) is 13.8 Å². The van der Waals surface area contributed by atoms with Crippen LogP contribution in [0, 0.1) is 5.21 Å². The predicted molar refractivity (Wildman–Crippen MR) is 89.9 cm³/mol. The molecule has 0 aromatic heterocycles. The summed E-state index contributed by atoms with van der Waals surface area (Å²) in [6.07, 6.45) is -1.81. The molecular formula is C15H27N3O10. The molecule has 2 atom stereocenters. The molecule has 28 heavy (non-hydrogen) atoms. The van der Waals surface area contributed by atoms with Crippen molar-refractivity contribution in [3.63, 3.8) is 0 Å². The Labute approximate surface area is 162 Å². The van der Waals surface area contributed by atoms with Gasteiger partial charge in [0.15, 0.2) is 12.2 Å². The molecule has 0 aliphatic rings. The van der Waals surface area contributed by atoms with Gasteiger partial charge in [0.05, 0.1) is 45.4 Å². The van der Waals surface area contributed by atoms with Gasteiger partial charge in [-0.15, -0.1) is 5.01 Å². The van der Waals surface area contributed by atoms with Crippen LogP contribution in [0.5, 0.6) is 0 Å². The molecule has 0 aromatic rings. The molecule has 0 amide bonds. The lowest BCUT2D eigenvalue weighted by molar-refractivity contribution is -0.709. The molecule has 0 bridgehead atoms. The highest BCUT2D eigenvalue weighted by Gasteiger charge is 2.19. The van der Waals surface area contributed by atoms with Gasteiger partial charge in [0.25, 0.3) is 0 Å². The van der Waals surface area contributed by atoms with Crippen LogP contribution >= 0.6 is 0 Å². The van der Waals surface area contributed by atoms with Gasteiger partial charge in [-0.25, -0.2) is 9.59 Å². The number of hydrogen-bond acceptors (Lipinski definition) is 10. The van der Waals surface area contributed by atoms with E-state index >= 15 is 0 Å². The number of rotatable bonds is 14.